The van der Waals surface area contributed by atoms with E-state index < -0.39 is 15.9 Å². The Labute approximate surface area is 159 Å². The third kappa shape index (κ3) is 5.43. The molecule has 6 nitrogen and oxygen atoms in total. The van der Waals surface area contributed by atoms with Gasteiger partial charge in [-0.05, 0) is 55.8 Å². The molecule has 146 valence electrons. The van der Waals surface area contributed by atoms with Crippen molar-refractivity contribution in [3.63, 3.8) is 0 Å². The molecular weight excluding hydrogens is 371 g/mol. The number of carbonyl (C=O) groups excluding carboxylic acids is 1. The summed E-state index contributed by atoms with van der Waals surface area (Å²) in [5, 5.41) is 0. The van der Waals surface area contributed by atoms with Crippen LogP contribution in [0.5, 0.6) is 5.75 Å². The molecule has 0 saturated heterocycles. The molecule has 2 aromatic carbocycles. The van der Waals surface area contributed by atoms with Gasteiger partial charge in [-0.15, -0.1) is 0 Å². The quantitative estimate of drug-likeness (QED) is 0.704. The molecule has 0 aromatic heterocycles. The Morgan fingerprint density at radius 1 is 1.04 bits per heavy atom. The monoisotopic (exact) mass is 394 g/mol. The van der Waals surface area contributed by atoms with Gasteiger partial charge in [0.2, 0.25) is 0 Å². The highest BCUT2D eigenvalue weighted by molar-refractivity contribution is 7.87. The minimum Gasteiger partial charge on any atom is -0.379 e. The second-order valence-electron chi connectivity index (χ2n) is 6.53. The zero-order chi connectivity index (χ0) is 20.2. The Kier molecular flexibility index (Phi) is 6.43. The van der Waals surface area contributed by atoms with Crippen molar-refractivity contribution >= 4 is 16.1 Å². The van der Waals surface area contributed by atoms with Gasteiger partial charge in [-0.25, -0.2) is 9.18 Å². The summed E-state index contributed by atoms with van der Waals surface area (Å²) < 4.78 is 42.5. The van der Waals surface area contributed by atoms with Gasteiger partial charge in [0.15, 0.2) is 0 Å². The lowest BCUT2D eigenvalue weighted by Crippen LogP contribution is -2.42. The molecule has 2 amide bonds. The topological polar surface area (TPSA) is 66.9 Å². The van der Waals surface area contributed by atoms with Gasteiger partial charge in [-0.1, -0.05) is 12.1 Å². The average molecular weight is 394 g/mol. The van der Waals surface area contributed by atoms with Crippen molar-refractivity contribution in [1.29, 1.82) is 0 Å². The summed E-state index contributed by atoms with van der Waals surface area (Å²) in [6, 6.07) is 10.8. The molecule has 8 heteroatoms. The number of hydrogen-bond acceptors (Lipinski definition) is 4. The van der Waals surface area contributed by atoms with Gasteiger partial charge < -0.3 is 14.0 Å². The lowest BCUT2D eigenvalue weighted by Gasteiger charge is -2.29. The van der Waals surface area contributed by atoms with E-state index in [1.807, 2.05) is 13.8 Å². The Morgan fingerprint density at radius 2 is 1.59 bits per heavy atom. The molecule has 0 aliphatic heterocycles. The Balaban J connectivity index is 2.12. The zero-order valence-corrected chi connectivity index (χ0v) is 16.5. The van der Waals surface area contributed by atoms with Crippen LogP contribution in [0.1, 0.15) is 19.4 Å². The van der Waals surface area contributed by atoms with Gasteiger partial charge >= 0.3 is 16.1 Å². The number of benzene rings is 2. The van der Waals surface area contributed by atoms with Crippen LogP contribution >= 0.6 is 0 Å². The van der Waals surface area contributed by atoms with E-state index in [4.69, 9.17) is 4.18 Å². The maximum Gasteiger partial charge on any atom is 0.339 e. The molecular formula is C19H23FN2O4S. The largest absolute Gasteiger partial charge is 0.379 e. The number of hydrogen-bond donors (Lipinski definition) is 0. The van der Waals surface area contributed by atoms with E-state index in [1.165, 1.54) is 17.0 Å². The van der Waals surface area contributed by atoms with E-state index in [2.05, 4.69) is 0 Å². The van der Waals surface area contributed by atoms with E-state index >= 15 is 0 Å². The van der Waals surface area contributed by atoms with E-state index in [0.29, 0.717) is 6.54 Å². The van der Waals surface area contributed by atoms with Crippen LogP contribution in [-0.2, 0) is 16.7 Å². The smallest absolute Gasteiger partial charge is 0.339 e. The summed E-state index contributed by atoms with van der Waals surface area (Å²) in [5.41, 5.74) is 0.838. The number of nitrogens with zero attached hydrogens (tertiary/aromatic N) is 2. The molecule has 0 atom stereocenters. The molecule has 27 heavy (non-hydrogen) atoms. The molecule has 2 rings (SSSR count). The second kappa shape index (κ2) is 8.39. The molecule has 0 spiro atoms. The lowest BCUT2D eigenvalue weighted by atomic mass is 10.2. The van der Waals surface area contributed by atoms with Gasteiger partial charge in [-0.2, -0.15) is 8.42 Å². The molecule has 2 aromatic rings. The minimum absolute atomic E-state index is 0.00896. The van der Waals surface area contributed by atoms with Crippen molar-refractivity contribution in [3.8, 4) is 5.75 Å². The molecule has 0 bridgehead atoms. The second-order valence-corrected chi connectivity index (χ2v) is 8.08. The molecule has 0 unspecified atom stereocenters. The molecule has 0 aliphatic rings. The molecule has 0 heterocycles. The van der Waals surface area contributed by atoms with Crippen LogP contribution in [-0.4, -0.2) is 44.4 Å². The van der Waals surface area contributed by atoms with E-state index in [-0.39, 0.29) is 22.7 Å². The highest BCUT2D eigenvalue weighted by Gasteiger charge is 2.20. The highest BCUT2D eigenvalue weighted by atomic mass is 32.2. The van der Waals surface area contributed by atoms with Crippen LogP contribution in [0, 0.1) is 5.82 Å². The molecule has 0 saturated carbocycles. The Hall–Kier alpha value is -2.61. The van der Waals surface area contributed by atoms with Crippen molar-refractivity contribution in [2.45, 2.75) is 31.3 Å². The third-order valence-corrected chi connectivity index (χ3v) is 5.10. The minimum atomic E-state index is -4.04. The molecule has 0 aliphatic carbocycles. The van der Waals surface area contributed by atoms with Crippen LogP contribution in [0.2, 0.25) is 0 Å². The maximum atomic E-state index is 12.9. The number of halogens is 1. The number of urea groups is 1. The van der Waals surface area contributed by atoms with Crippen molar-refractivity contribution in [1.82, 2.24) is 9.80 Å². The Bertz CT molecular complexity index is 879. The van der Waals surface area contributed by atoms with Crippen molar-refractivity contribution < 1.29 is 21.8 Å². The fourth-order valence-corrected chi connectivity index (χ4v) is 3.28. The fourth-order valence-electron chi connectivity index (χ4n) is 2.35. The maximum absolute atomic E-state index is 12.9. The van der Waals surface area contributed by atoms with Crippen LogP contribution in [0.25, 0.3) is 0 Å². The van der Waals surface area contributed by atoms with Crippen LogP contribution < -0.4 is 4.18 Å². The number of rotatable bonds is 6. The van der Waals surface area contributed by atoms with E-state index in [1.54, 1.807) is 31.1 Å². The predicted octanol–water partition coefficient (Wildman–Crippen LogP) is 3.49. The fraction of sp³-hybridized carbons (Fsp3) is 0.316. The Morgan fingerprint density at radius 3 is 2.07 bits per heavy atom. The molecule has 0 radical (unpaired) electrons. The highest BCUT2D eigenvalue weighted by Crippen LogP contribution is 2.20. The van der Waals surface area contributed by atoms with Crippen LogP contribution in [0.3, 0.4) is 0 Å². The van der Waals surface area contributed by atoms with E-state index in [0.717, 1.165) is 29.8 Å². The van der Waals surface area contributed by atoms with Gasteiger partial charge in [0.25, 0.3) is 0 Å². The number of carbonyl (C=O) groups is 1. The van der Waals surface area contributed by atoms with Crippen molar-refractivity contribution in [2.75, 3.05) is 14.1 Å². The summed E-state index contributed by atoms with van der Waals surface area (Å²) in [4.78, 5) is 15.3. The average Bonchev–Trinajstić information content (AvgIpc) is 2.60. The first-order chi connectivity index (χ1) is 12.6. The predicted molar refractivity (Wildman–Crippen MR) is 100 cm³/mol. The third-order valence-electron chi connectivity index (χ3n) is 3.84. The van der Waals surface area contributed by atoms with Gasteiger partial charge in [0.05, 0.1) is 0 Å². The SMILES string of the molecule is CC(C)N(Cc1ccc(OS(=O)(=O)c2ccc(F)cc2)cc1)C(=O)N(C)C. The summed E-state index contributed by atoms with van der Waals surface area (Å²) in [6.45, 7) is 4.24. The summed E-state index contributed by atoms with van der Waals surface area (Å²) in [7, 11) is -0.663. The first-order valence-electron chi connectivity index (χ1n) is 8.37. The van der Waals surface area contributed by atoms with Crippen molar-refractivity contribution in [3.05, 3.63) is 59.9 Å². The zero-order valence-electron chi connectivity index (χ0n) is 15.7. The van der Waals surface area contributed by atoms with Gasteiger partial charge in [-0.3, -0.25) is 0 Å². The first kappa shape index (κ1) is 20.7. The van der Waals surface area contributed by atoms with Crippen molar-refractivity contribution in [2.24, 2.45) is 0 Å². The summed E-state index contributed by atoms with van der Waals surface area (Å²) in [5.74, 6) is -0.390. The normalized spacial score (nSPS) is 11.3. The standard InChI is InChI=1S/C19H23FN2O4S/c1-14(2)22(19(23)21(3)4)13-15-5-9-17(10-6-15)26-27(24,25)18-11-7-16(20)8-12-18/h5-12,14H,13H2,1-4H3. The number of amides is 2. The summed E-state index contributed by atoms with van der Waals surface area (Å²) >= 11 is 0. The van der Waals surface area contributed by atoms with Crippen LogP contribution in [0.4, 0.5) is 9.18 Å². The van der Waals surface area contributed by atoms with E-state index in [9.17, 15) is 17.6 Å². The summed E-state index contributed by atoms with van der Waals surface area (Å²) in [6.07, 6.45) is 0. The van der Waals surface area contributed by atoms with Crippen LogP contribution in [0.15, 0.2) is 53.4 Å². The molecule has 0 N–H and O–H groups in total. The first-order valence-corrected chi connectivity index (χ1v) is 9.78. The van der Waals surface area contributed by atoms with Gasteiger partial charge in [0.1, 0.15) is 16.5 Å². The molecule has 0 fully saturated rings. The van der Waals surface area contributed by atoms with Gasteiger partial charge in [0, 0.05) is 26.7 Å². The lowest BCUT2D eigenvalue weighted by molar-refractivity contribution is 0.153.